The molecule has 0 unspecified atom stereocenters. The van der Waals surface area contributed by atoms with Gasteiger partial charge in [-0.3, -0.25) is 9.59 Å². The second kappa shape index (κ2) is 10.7. The quantitative estimate of drug-likeness (QED) is 0.295. The number of carbonyl (C=O) groups is 2. The molecule has 2 atom stereocenters. The van der Waals surface area contributed by atoms with Crippen molar-refractivity contribution in [1.29, 1.82) is 0 Å². The molecular weight excluding hydrogens is 348 g/mol. The molecule has 9 nitrogen and oxygen atoms in total. The molecule has 0 spiro atoms. The molecule has 1 fully saturated rings. The minimum Gasteiger partial charge on any atom is -0.480 e. The van der Waals surface area contributed by atoms with Crippen LogP contribution in [0.5, 0.6) is 0 Å². The van der Waals surface area contributed by atoms with Gasteiger partial charge in [0.25, 0.3) is 10.2 Å². The molecule has 25 heavy (non-hydrogen) atoms. The van der Waals surface area contributed by atoms with Crippen LogP contribution >= 0.6 is 0 Å². The van der Waals surface area contributed by atoms with Crippen LogP contribution in [-0.2, 0) is 19.8 Å². The van der Waals surface area contributed by atoms with E-state index in [0.717, 1.165) is 32.1 Å². The maximum atomic E-state index is 12.2. The van der Waals surface area contributed by atoms with Crippen molar-refractivity contribution in [3.8, 4) is 0 Å². The van der Waals surface area contributed by atoms with E-state index in [4.69, 9.17) is 16.6 Å². The summed E-state index contributed by atoms with van der Waals surface area (Å²) in [5.41, 5.74) is 10.7. The van der Waals surface area contributed by atoms with Gasteiger partial charge in [-0.2, -0.15) is 17.9 Å². The van der Waals surface area contributed by atoms with E-state index in [1.54, 1.807) is 0 Å². The lowest BCUT2D eigenvalue weighted by atomic mass is 9.85. The lowest BCUT2D eigenvalue weighted by molar-refractivity contribution is -0.139. The molecule has 0 aliphatic heterocycles. The Labute approximate surface area is 149 Å². The van der Waals surface area contributed by atoms with Gasteiger partial charge in [-0.15, -0.1) is 0 Å². The average molecular weight is 378 g/mol. The van der Waals surface area contributed by atoms with Crippen LogP contribution in [0.15, 0.2) is 0 Å². The van der Waals surface area contributed by atoms with E-state index < -0.39 is 34.2 Å². The Morgan fingerprint density at radius 3 is 2.20 bits per heavy atom. The van der Waals surface area contributed by atoms with Crippen molar-refractivity contribution in [3.05, 3.63) is 0 Å². The number of unbranched alkanes of at least 4 members (excludes halogenated alkanes) is 1. The number of amides is 1. The van der Waals surface area contributed by atoms with Crippen LogP contribution < -0.4 is 20.9 Å². The summed E-state index contributed by atoms with van der Waals surface area (Å²) in [6, 6.07) is -2.31. The zero-order valence-corrected chi connectivity index (χ0v) is 15.3. The molecule has 0 aromatic rings. The summed E-state index contributed by atoms with van der Waals surface area (Å²) in [5, 5.41) is 9.16. The van der Waals surface area contributed by atoms with Crippen LogP contribution in [-0.4, -0.2) is 44.0 Å². The fourth-order valence-corrected chi connectivity index (χ4v) is 4.36. The molecule has 1 amide bonds. The molecular formula is C15H30N4O5S. The number of carboxylic acid groups (broad SMARTS) is 1. The second-order valence-corrected chi connectivity index (χ2v) is 8.09. The Morgan fingerprint density at radius 1 is 1.08 bits per heavy atom. The van der Waals surface area contributed by atoms with Gasteiger partial charge in [0.1, 0.15) is 12.1 Å². The number of aliphatic carboxylic acids is 1. The van der Waals surface area contributed by atoms with Gasteiger partial charge in [-0.05, 0) is 31.7 Å². The predicted octanol–water partition coefficient (Wildman–Crippen LogP) is -0.183. The van der Waals surface area contributed by atoms with E-state index in [1.807, 2.05) is 0 Å². The van der Waals surface area contributed by atoms with Crippen molar-refractivity contribution >= 4 is 22.1 Å². The number of nitrogens with two attached hydrogens (primary N) is 2. The highest BCUT2D eigenvalue weighted by Crippen LogP contribution is 2.27. The first kappa shape index (κ1) is 21.8. The summed E-state index contributed by atoms with van der Waals surface area (Å²) in [6.07, 6.45) is 6.69. The SMILES string of the molecule is NCCCC[C@H](NS(=O)(=O)N[C@@H](CC1CCCCC1)C(N)=O)C(=O)O. The first-order chi connectivity index (χ1) is 11.7. The smallest absolute Gasteiger partial charge is 0.321 e. The summed E-state index contributed by atoms with van der Waals surface area (Å²) < 4.78 is 28.7. The van der Waals surface area contributed by atoms with Crippen LogP contribution in [0.3, 0.4) is 0 Å². The molecule has 0 bridgehead atoms. The van der Waals surface area contributed by atoms with Gasteiger partial charge >= 0.3 is 5.97 Å². The third-order valence-corrected chi connectivity index (χ3v) is 5.67. The number of carboxylic acids is 1. The van der Waals surface area contributed by atoms with Crippen molar-refractivity contribution in [2.45, 2.75) is 69.9 Å². The van der Waals surface area contributed by atoms with Crippen molar-refractivity contribution in [2.24, 2.45) is 17.4 Å². The maximum absolute atomic E-state index is 12.2. The van der Waals surface area contributed by atoms with Crippen LogP contribution in [0.2, 0.25) is 0 Å². The summed E-state index contributed by atoms with van der Waals surface area (Å²) >= 11 is 0. The third-order valence-electron chi connectivity index (χ3n) is 4.48. The van der Waals surface area contributed by atoms with Crippen molar-refractivity contribution in [3.63, 3.8) is 0 Å². The topological polar surface area (TPSA) is 165 Å². The minimum absolute atomic E-state index is 0.122. The van der Waals surface area contributed by atoms with Crippen molar-refractivity contribution in [1.82, 2.24) is 9.44 Å². The van der Waals surface area contributed by atoms with Crippen molar-refractivity contribution < 1.29 is 23.1 Å². The number of hydrogen-bond donors (Lipinski definition) is 5. The van der Waals surface area contributed by atoms with Crippen LogP contribution in [0.4, 0.5) is 0 Å². The molecule has 0 radical (unpaired) electrons. The number of hydrogen-bond acceptors (Lipinski definition) is 5. The Bertz CT molecular complexity index is 534. The standard InChI is InChI=1S/C15H30N4O5S/c16-9-5-4-8-12(15(21)22)18-25(23,24)19-13(14(17)20)10-11-6-2-1-3-7-11/h11-13,18-19H,1-10,16H2,(H2,17,20)(H,21,22)/t12-,13-/m0/s1. The Kier molecular flexibility index (Phi) is 9.33. The molecule has 1 aliphatic carbocycles. The normalized spacial score (nSPS) is 18.6. The lowest BCUT2D eigenvalue weighted by Gasteiger charge is -2.26. The number of carbonyl (C=O) groups excluding carboxylic acids is 1. The van der Waals surface area contributed by atoms with Gasteiger partial charge in [0.05, 0.1) is 0 Å². The van der Waals surface area contributed by atoms with Gasteiger partial charge in [0, 0.05) is 0 Å². The summed E-state index contributed by atoms with van der Waals surface area (Å²) in [4.78, 5) is 22.8. The minimum atomic E-state index is -4.17. The molecule has 1 saturated carbocycles. The van der Waals surface area contributed by atoms with E-state index in [1.165, 1.54) is 0 Å². The number of primary amides is 1. The maximum Gasteiger partial charge on any atom is 0.321 e. The Hall–Kier alpha value is -1.23. The highest BCUT2D eigenvalue weighted by atomic mass is 32.2. The van der Waals surface area contributed by atoms with Crippen LogP contribution in [0, 0.1) is 5.92 Å². The molecule has 146 valence electrons. The molecule has 0 saturated heterocycles. The summed E-state index contributed by atoms with van der Waals surface area (Å²) in [7, 11) is -4.17. The van der Waals surface area contributed by atoms with E-state index in [9.17, 15) is 18.0 Å². The first-order valence-corrected chi connectivity index (χ1v) is 10.2. The second-order valence-electron chi connectivity index (χ2n) is 6.61. The van der Waals surface area contributed by atoms with Gasteiger partial charge < -0.3 is 16.6 Å². The van der Waals surface area contributed by atoms with Crippen LogP contribution in [0.25, 0.3) is 0 Å². The van der Waals surface area contributed by atoms with Gasteiger partial charge in [0.2, 0.25) is 5.91 Å². The number of nitrogens with one attached hydrogen (secondary N) is 2. The fraction of sp³-hybridized carbons (Fsp3) is 0.867. The van der Waals surface area contributed by atoms with Gasteiger partial charge in [-0.1, -0.05) is 38.5 Å². The van der Waals surface area contributed by atoms with E-state index in [2.05, 4.69) is 9.44 Å². The summed E-state index contributed by atoms with van der Waals surface area (Å²) in [6.45, 7) is 0.405. The number of rotatable bonds is 12. The lowest BCUT2D eigenvalue weighted by Crippen LogP contribution is -2.53. The zero-order chi connectivity index (χ0) is 18.9. The van der Waals surface area contributed by atoms with Crippen molar-refractivity contribution in [2.75, 3.05) is 6.54 Å². The van der Waals surface area contributed by atoms with E-state index >= 15 is 0 Å². The Balaban J connectivity index is 2.66. The molecule has 0 heterocycles. The van der Waals surface area contributed by atoms with Crippen LogP contribution in [0.1, 0.15) is 57.8 Å². The molecule has 7 N–H and O–H groups in total. The van der Waals surface area contributed by atoms with E-state index in [0.29, 0.717) is 25.8 Å². The first-order valence-electron chi connectivity index (χ1n) is 8.77. The third kappa shape index (κ3) is 8.61. The Morgan fingerprint density at radius 2 is 1.68 bits per heavy atom. The average Bonchev–Trinajstić information content (AvgIpc) is 2.54. The van der Waals surface area contributed by atoms with E-state index in [-0.39, 0.29) is 12.3 Å². The van der Waals surface area contributed by atoms with Gasteiger partial charge in [-0.25, -0.2) is 0 Å². The highest BCUT2D eigenvalue weighted by Gasteiger charge is 2.29. The monoisotopic (exact) mass is 378 g/mol. The fourth-order valence-electron chi connectivity index (χ4n) is 3.11. The molecule has 1 rings (SSSR count). The predicted molar refractivity (Wildman–Crippen MR) is 93.7 cm³/mol. The zero-order valence-electron chi connectivity index (χ0n) is 14.4. The summed E-state index contributed by atoms with van der Waals surface area (Å²) in [5.74, 6) is -1.79. The van der Waals surface area contributed by atoms with Gasteiger partial charge in [0.15, 0.2) is 0 Å². The highest BCUT2D eigenvalue weighted by molar-refractivity contribution is 7.87. The molecule has 10 heteroatoms. The molecule has 0 aromatic heterocycles. The largest absolute Gasteiger partial charge is 0.480 e. The molecule has 0 aromatic carbocycles. The molecule has 1 aliphatic rings.